The van der Waals surface area contributed by atoms with Crippen LogP contribution < -0.4 is 0 Å². The van der Waals surface area contributed by atoms with E-state index in [1.807, 2.05) is 0 Å². The minimum atomic E-state index is -0.365. The summed E-state index contributed by atoms with van der Waals surface area (Å²) in [4.78, 5) is 11.9. The van der Waals surface area contributed by atoms with Crippen LogP contribution in [0.3, 0.4) is 0 Å². The second kappa shape index (κ2) is 2.41. The summed E-state index contributed by atoms with van der Waals surface area (Å²) in [5, 5.41) is 0. The SMILES string of the molecule is COC(=O)C12C=CC(C)(CC1)C2(C)C. The van der Waals surface area contributed by atoms with E-state index >= 15 is 0 Å². The lowest BCUT2D eigenvalue weighted by molar-refractivity contribution is -0.155. The largest absolute Gasteiger partial charge is 0.468 e. The van der Waals surface area contributed by atoms with Crippen molar-refractivity contribution < 1.29 is 9.53 Å². The number of hydrogen-bond donors (Lipinski definition) is 0. The van der Waals surface area contributed by atoms with Crippen molar-refractivity contribution in [2.24, 2.45) is 16.2 Å². The lowest BCUT2D eigenvalue weighted by atomic mass is 9.64. The third-order valence-corrected chi connectivity index (χ3v) is 4.87. The van der Waals surface area contributed by atoms with Gasteiger partial charge in [-0.15, -0.1) is 0 Å². The first kappa shape index (κ1) is 9.75. The highest BCUT2D eigenvalue weighted by Gasteiger charge is 2.66. The van der Waals surface area contributed by atoms with E-state index in [1.165, 1.54) is 7.11 Å². The van der Waals surface area contributed by atoms with Gasteiger partial charge in [-0.1, -0.05) is 32.9 Å². The number of carbonyl (C=O) groups is 1. The zero-order valence-corrected chi connectivity index (χ0v) is 9.39. The third kappa shape index (κ3) is 0.760. The van der Waals surface area contributed by atoms with E-state index in [9.17, 15) is 4.79 Å². The molecule has 0 spiro atoms. The fourth-order valence-corrected chi connectivity index (χ4v) is 3.11. The Kier molecular flexibility index (Phi) is 1.68. The molecule has 0 aliphatic heterocycles. The summed E-state index contributed by atoms with van der Waals surface area (Å²) in [5.41, 5.74) is -0.204. The summed E-state index contributed by atoms with van der Waals surface area (Å²) >= 11 is 0. The zero-order chi connectivity index (χ0) is 10.6. The van der Waals surface area contributed by atoms with Crippen molar-refractivity contribution in [1.29, 1.82) is 0 Å². The monoisotopic (exact) mass is 194 g/mol. The van der Waals surface area contributed by atoms with Crippen LogP contribution in [0.1, 0.15) is 33.6 Å². The predicted octanol–water partition coefficient (Wildman–Crippen LogP) is 2.54. The van der Waals surface area contributed by atoms with Gasteiger partial charge in [0.15, 0.2) is 0 Å². The van der Waals surface area contributed by atoms with Crippen LogP contribution >= 0.6 is 0 Å². The molecule has 2 atom stereocenters. The zero-order valence-electron chi connectivity index (χ0n) is 9.39. The van der Waals surface area contributed by atoms with Crippen LogP contribution in [0.25, 0.3) is 0 Å². The summed E-state index contributed by atoms with van der Waals surface area (Å²) in [7, 11) is 1.48. The molecular formula is C12H18O2. The molecule has 2 rings (SSSR count). The Hall–Kier alpha value is -0.790. The lowest BCUT2D eigenvalue weighted by Gasteiger charge is -2.39. The smallest absolute Gasteiger partial charge is 0.316 e. The number of fused-ring (bicyclic) bond motifs is 2. The van der Waals surface area contributed by atoms with Gasteiger partial charge in [0.1, 0.15) is 0 Å². The predicted molar refractivity (Wildman–Crippen MR) is 54.7 cm³/mol. The maximum atomic E-state index is 11.9. The number of rotatable bonds is 1. The Morgan fingerprint density at radius 2 is 1.86 bits per heavy atom. The van der Waals surface area contributed by atoms with Crippen molar-refractivity contribution >= 4 is 5.97 Å². The average molecular weight is 194 g/mol. The summed E-state index contributed by atoms with van der Waals surface area (Å²) in [5.74, 6) is -0.0695. The summed E-state index contributed by atoms with van der Waals surface area (Å²) in [6.45, 7) is 6.59. The molecular weight excluding hydrogens is 176 g/mol. The van der Waals surface area contributed by atoms with Gasteiger partial charge in [-0.05, 0) is 23.7 Å². The van der Waals surface area contributed by atoms with E-state index in [2.05, 4.69) is 32.9 Å². The molecule has 0 aromatic carbocycles. The molecule has 0 N–H and O–H groups in total. The highest BCUT2D eigenvalue weighted by Crippen LogP contribution is 2.68. The van der Waals surface area contributed by atoms with Crippen molar-refractivity contribution in [2.75, 3.05) is 7.11 Å². The number of esters is 1. The van der Waals surface area contributed by atoms with Crippen molar-refractivity contribution in [3.8, 4) is 0 Å². The molecule has 0 amide bonds. The highest BCUT2D eigenvalue weighted by molar-refractivity contribution is 5.82. The Balaban J connectivity index is 2.49. The minimum Gasteiger partial charge on any atom is -0.468 e. The fourth-order valence-electron chi connectivity index (χ4n) is 3.11. The van der Waals surface area contributed by atoms with Crippen LogP contribution in [0, 0.1) is 16.2 Å². The first-order valence-electron chi connectivity index (χ1n) is 5.18. The van der Waals surface area contributed by atoms with Crippen LogP contribution in [0.5, 0.6) is 0 Å². The number of hydrogen-bond acceptors (Lipinski definition) is 2. The second-order valence-electron chi connectivity index (χ2n) is 5.34. The van der Waals surface area contributed by atoms with Gasteiger partial charge in [-0.2, -0.15) is 0 Å². The molecule has 0 aromatic rings. The molecule has 2 unspecified atom stereocenters. The van der Waals surface area contributed by atoms with Crippen LogP contribution in [0.2, 0.25) is 0 Å². The van der Waals surface area contributed by atoms with E-state index in [4.69, 9.17) is 4.74 Å². The van der Waals surface area contributed by atoms with Gasteiger partial charge in [0.25, 0.3) is 0 Å². The molecule has 0 saturated heterocycles. The molecule has 2 aliphatic carbocycles. The van der Waals surface area contributed by atoms with E-state index < -0.39 is 0 Å². The molecule has 2 nitrogen and oxygen atoms in total. The van der Waals surface area contributed by atoms with Gasteiger partial charge in [0.2, 0.25) is 0 Å². The topological polar surface area (TPSA) is 26.3 Å². The summed E-state index contributed by atoms with van der Waals surface area (Å²) in [6, 6.07) is 0. The van der Waals surface area contributed by atoms with Crippen LogP contribution in [-0.4, -0.2) is 13.1 Å². The number of methoxy groups -OCH3 is 1. The molecule has 14 heavy (non-hydrogen) atoms. The van der Waals surface area contributed by atoms with Crippen molar-refractivity contribution in [2.45, 2.75) is 33.6 Å². The summed E-state index contributed by atoms with van der Waals surface area (Å²) in [6.07, 6.45) is 6.29. The maximum absolute atomic E-state index is 11.9. The highest BCUT2D eigenvalue weighted by atomic mass is 16.5. The molecule has 78 valence electrons. The molecule has 1 saturated carbocycles. The van der Waals surface area contributed by atoms with Gasteiger partial charge in [0.05, 0.1) is 12.5 Å². The minimum absolute atomic E-state index is 0.00685. The average Bonchev–Trinajstić information content (AvgIpc) is 2.47. The van der Waals surface area contributed by atoms with E-state index in [1.54, 1.807) is 0 Å². The fraction of sp³-hybridized carbons (Fsp3) is 0.750. The van der Waals surface area contributed by atoms with Crippen LogP contribution in [0.15, 0.2) is 12.2 Å². The lowest BCUT2D eigenvalue weighted by Crippen LogP contribution is -2.41. The van der Waals surface area contributed by atoms with Crippen LogP contribution in [0.4, 0.5) is 0 Å². The molecule has 2 bridgehead atoms. The van der Waals surface area contributed by atoms with E-state index in [-0.39, 0.29) is 22.2 Å². The maximum Gasteiger partial charge on any atom is 0.316 e. The molecule has 0 aromatic heterocycles. The molecule has 2 aliphatic rings. The van der Waals surface area contributed by atoms with Crippen molar-refractivity contribution in [3.05, 3.63) is 12.2 Å². The quantitative estimate of drug-likeness (QED) is 0.473. The summed E-state index contributed by atoms with van der Waals surface area (Å²) < 4.78 is 4.95. The van der Waals surface area contributed by atoms with E-state index in [0.29, 0.717) is 0 Å². The van der Waals surface area contributed by atoms with Gasteiger partial charge in [0, 0.05) is 0 Å². The Morgan fingerprint density at radius 1 is 1.21 bits per heavy atom. The first-order chi connectivity index (χ1) is 6.40. The molecule has 0 radical (unpaired) electrons. The second-order valence-corrected chi connectivity index (χ2v) is 5.34. The third-order valence-electron chi connectivity index (χ3n) is 4.87. The van der Waals surface area contributed by atoms with Gasteiger partial charge < -0.3 is 4.74 Å². The van der Waals surface area contributed by atoms with Crippen molar-refractivity contribution in [1.82, 2.24) is 0 Å². The Labute approximate surface area is 85.3 Å². The van der Waals surface area contributed by atoms with Gasteiger partial charge in [-0.3, -0.25) is 4.79 Å². The van der Waals surface area contributed by atoms with Crippen LogP contribution in [-0.2, 0) is 9.53 Å². The van der Waals surface area contributed by atoms with Gasteiger partial charge >= 0.3 is 5.97 Å². The number of allylic oxidation sites excluding steroid dienone is 1. The van der Waals surface area contributed by atoms with E-state index in [0.717, 1.165) is 12.8 Å². The number of ether oxygens (including phenoxy) is 1. The van der Waals surface area contributed by atoms with Crippen molar-refractivity contribution in [3.63, 3.8) is 0 Å². The number of carbonyl (C=O) groups excluding carboxylic acids is 1. The Morgan fingerprint density at radius 3 is 2.14 bits per heavy atom. The molecule has 2 heteroatoms. The molecule has 1 fully saturated rings. The normalized spacial score (nSPS) is 42.9. The molecule has 0 heterocycles. The Bertz CT molecular complexity index is 316. The standard InChI is InChI=1S/C12H18O2/c1-10(2)11(3)5-7-12(10,8-6-11)9(13)14-4/h5,7H,6,8H2,1-4H3. The van der Waals surface area contributed by atoms with Gasteiger partial charge in [-0.25, -0.2) is 0 Å². The first-order valence-corrected chi connectivity index (χ1v) is 5.18.